The summed E-state index contributed by atoms with van der Waals surface area (Å²) in [4.78, 5) is 21.2. The zero-order valence-electron chi connectivity index (χ0n) is 11.6. The second-order valence-corrected chi connectivity index (χ2v) is 6.83. The number of benzene rings is 1. The molecule has 3 N–H and O–H groups in total. The number of nitrogens with zero attached hydrogens (tertiary/aromatic N) is 2. The van der Waals surface area contributed by atoms with E-state index in [1.54, 1.807) is 11.1 Å². The SMILES string of the molecule is CN1CCN(NS(=O)(=O)c2ccc3[nH]c(=O)[nH]c3c2)CC1. The van der Waals surface area contributed by atoms with Gasteiger partial charge in [-0.05, 0) is 25.2 Å². The molecule has 0 atom stereocenters. The molecular formula is C12H17N5O3S. The van der Waals surface area contributed by atoms with Gasteiger partial charge in [0.2, 0.25) is 0 Å². The van der Waals surface area contributed by atoms with Crippen LogP contribution in [0.1, 0.15) is 0 Å². The van der Waals surface area contributed by atoms with Gasteiger partial charge in [-0.15, -0.1) is 4.83 Å². The lowest BCUT2D eigenvalue weighted by atomic mass is 10.3. The Morgan fingerprint density at radius 2 is 1.76 bits per heavy atom. The summed E-state index contributed by atoms with van der Waals surface area (Å²) in [7, 11) is -1.64. The van der Waals surface area contributed by atoms with Gasteiger partial charge in [0.25, 0.3) is 10.0 Å². The number of hydrogen-bond acceptors (Lipinski definition) is 5. The Kier molecular flexibility index (Phi) is 3.57. The molecule has 1 saturated heterocycles. The summed E-state index contributed by atoms with van der Waals surface area (Å²) in [6.45, 7) is 2.90. The van der Waals surface area contributed by atoms with Crippen molar-refractivity contribution < 1.29 is 8.42 Å². The number of sulfonamides is 1. The van der Waals surface area contributed by atoms with Gasteiger partial charge in [0.1, 0.15) is 0 Å². The largest absolute Gasteiger partial charge is 0.323 e. The lowest BCUT2D eigenvalue weighted by Gasteiger charge is -2.32. The molecule has 0 spiro atoms. The molecule has 1 aliphatic heterocycles. The number of aromatic nitrogens is 2. The number of rotatable bonds is 3. The van der Waals surface area contributed by atoms with Crippen LogP contribution in [0.25, 0.3) is 11.0 Å². The average Bonchev–Trinajstić information content (AvgIpc) is 2.80. The fourth-order valence-electron chi connectivity index (χ4n) is 2.30. The van der Waals surface area contributed by atoms with Gasteiger partial charge in [0.15, 0.2) is 0 Å². The minimum absolute atomic E-state index is 0.129. The molecule has 0 saturated carbocycles. The minimum atomic E-state index is -3.64. The van der Waals surface area contributed by atoms with Crippen molar-refractivity contribution in [2.24, 2.45) is 0 Å². The average molecular weight is 311 g/mol. The zero-order chi connectivity index (χ0) is 15.0. The maximum Gasteiger partial charge on any atom is 0.323 e. The fourth-order valence-corrected chi connectivity index (χ4v) is 3.45. The molecule has 1 aromatic carbocycles. The molecule has 1 aliphatic rings. The van der Waals surface area contributed by atoms with E-state index in [1.165, 1.54) is 12.1 Å². The first kappa shape index (κ1) is 14.3. The first-order chi connectivity index (χ1) is 9.94. The van der Waals surface area contributed by atoms with Crippen LogP contribution in [-0.4, -0.2) is 61.5 Å². The van der Waals surface area contributed by atoms with Gasteiger partial charge < -0.3 is 14.9 Å². The molecule has 1 aromatic heterocycles. The third-order valence-corrected chi connectivity index (χ3v) is 4.92. The van der Waals surface area contributed by atoms with Gasteiger partial charge in [0, 0.05) is 26.2 Å². The van der Waals surface area contributed by atoms with Crippen LogP contribution in [0, 0.1) is 0 Å². The van der Waals surface area contributed by atoms with Gasteiger partial charge in [-0.1, -0.05) is 0 Å². The number of aromatic amines is 2. The fraction of sp³-hybridized carbons (Fsp3) is 0.417. The highest BCUT2D eigenvalue weighted by Crippen LogP contribution is 2.15. The molecular weight excluding hydrogens is 294 g/mol. The first-order valence-electron chi connectivity index (χ1n) is 6.62. The van der Waals surface area contributed by atoms with E-state index in [4.69, 9.17) is 0 Å². The van der Waals surface area contributed by atoms with Crippen LogP contribution in [0.15, 0.2) is 27.9 Å². The second-order valence-electron chi connectivity index (χ2n) is 5.17. The van der Waals surface area contributed by atoms with E-state index in [2.05, 4.69) is 19.7 Å². The number of hydrazine groups is 1. The summed E-state index contributed by atoms with van der Waals surface area (Å²) in [5.74, 6) is 0. The van der Waals surface area contributed by atoms with Crippen LogP contribution in [-0.2, 0) is 10.0 Å². The standard InChI is InChI=1S/C12H17N5O3S/c1-16-4-6-17(7-5-16)15-21(19,20)9-2-3-10-11(8-9)14-12(18)13-10/h2-3,8,15H,4-7H2,1H3,(H2,13,14,18). The lowest BCUT2D eigenvalue weighted by Crippen LogP contribution is -2.52. The van der Waals surface area contributed by atoms with Gasteiger partial charge in [-0.3, -0.25) is 0 Å². The van der Waals surface area contributed by atoms with Crippen molar-refractivity contribution in [3.63, 3.8) is 0 Å². The van der Waals surface area contributed by atoms with Gasteiger partial charge >= 0.3 is 5.69 Å². The summed E-state index contributed by atoms with van der Waals surface area (Å²) < 4.78 is 24.7. The number of imidazole rings is 1. The van der Waals surface area contributed by atoms with Crippen LogP contribution in [0.3, 0.4) is 0 Å². The monoisotopic (exact) mass is 311 g/mol. The topological polar surface area (TPSA) is 101 Å². The maximum atomic E-state index is 12.4. The summed E-state index contributed by atoms with van der Waals surface area (Å²) >= 11 is 0. The van der Waals surface area contributed by atoms with E-state index in [-0.39, 0.29) is 10.6 Å². The van der Waals surface area contributed by atoms with E-state index in [9.17, 15) is 13.2 Å². The Labute approximate surface area is 121 Å². The normalized spacial score (nSPS) is 18.3. The van der Waals surface area contributed by atoms with E-state index < -0.39 is 10.0 Å². The molecule has 9 heteroatoms. The third kappa shape index (κ3) is 3.00. The molecule has 2 heterocycles. The Balaban J connectivity index is 1.84. The van der Waals surface area contributed by atoms with Gasteiger partial charge in [-0.25, -0.2) is 18.2 Å². The van der Waals surface area contributed by atoms with Crippen LogP contribution in [0.4, 0.5) is 0 Å². The van der Waals surface area contributed by atoms with Crippen molar-refractivity contribution >= 4 is 21.1 Å². The highest BCUT2D eigenvalue weighted by molar-refractivity contribution is 7.89. The van der Waals surface area contributed by atoms with Crippen molar-refractivity contribution in [2.45, 2.75) is 4.90 Å². The Hall–Kier alpha value is -1.68. The molecule has 1 fully saturated rings. The molecule has 0 radical (unpaired) electrons. The first-order valence-corrected chi connectivity index (χ1v) is 8.10. The molecule has 21 heavy (non-hydrogen) atoms. The van der Waals surface area contributed by atoms with Crippen molar-refractivity contribution in [1.82, 2.24) is 24.7 Å². The van der Waals surface area contributed by atoms with E-state index in [0.29, 0.717) is 24.1 Å². The number of H-pyrrole nitrogens is 2. The molecule has 3 rings (SSSR count). The smallest absolute Gasteiger partial charge is 0.306 e. The van der Waals surface area contributed by atoms with Crippen LogP contribution < -0.4 is 10.5 Å². The maximum absolute atomic E-state index is 12.4. The van der Waals surface area contributed by atoms with Gasteiger partial charge in [0.05, 0.1) is 15.9 Å². The molecule has 0 amide bonds. The molecule has 2 aromatic rings. The number of hydrogen-bond donors (Lipinski definition) is 3. The minimum Gasteiger partial charge on any atom is -0.306 e. The number of likely N-dealkylation sites (N-methyl/N-ethyl adjacent to an activating group) is 1. The lowest BCUT2D eigenvalue weighted by molar-refractivity contribution is 0.135. The Bertz CT molecular complexity index is 802. The van der Waals surface area contributed by atoms with E-state index >= 15 is 0 Å². The second kappa shape index (κ2) is 5.26. The van der Waals surface area contributed by atoms with Crippen LogP contribution in [0.2, 0.25) is 0 Å². The highest BCUT2D eigenvalue weighted by Gasteiger charge is 2.21. The van der Waals surface area contributed by atoms with Crippen LogP contribution >= 0.6 is 0 Å². The molecule has 0 bridgehead atoms. The number of piperazine rings is 1. The molecule has 0 unspecified atom stereocenters. The number of fused-ring (bicyclic) bond motifs is 1. The molecule has 0 aliphatic carbocycles. The third-order valence-electron chi connectivity index (χ3n) is 3.55. The van der Waals surface area contributed by atoms with Gasteiger partial charge in [-0.2, -0.15) is 0 Å². The predicted octanol–water partition coefficient (Wildman–Crippen LogP) is -0.703. The van der Waals surface area contributed by atoms with Crippen molar-refractivity contribution in [3.05, 3.63) is 28.7 Å². The van der Waals surface area contributed by atoms with Crippen LogP contribution in [0.5, 0.6) is 0 Å². The predicted molar refractivity (Wildman–Crippen MR) is 78.3 cm³/mol. The van der Waals surface area contributed by atoms with E-state index in [0.717, 1.165) is 13.1 Å². The Morgan fingerprint density at radius 3 is 2.48 bits per heavy atom. The quantitative estimate of drug-likeness (QED) is 0.695. The zero-order valence-corrected chi connectivity index (χ0v) is 12.4. The molecule has 114 valence electrons. The summed E-state index contributed by atoms with van der Waals surface area (Å²) in [6, 6.07) is 4.50. The summed E-state index contributed by atoms with van der Waals surface area (Å²) in [5.41, 5.74) is 0.700. The highest BCUT2D eigenvalue weighted by atomic mass is 32.2. The number of nitrogens with one attached hydrogen (secondary N) is 3. The Morgan fingerprint density at radius 1 is 1.10 bits per heavy atom. The molecule has 8 nitrogen and oxygen atoms in total. The summed E-state index contributed by atoms with van der Waals surface area (Å²) in [5, 5.41) is 1.69. The van der Waals surface area contributed by atoms with Crippen molar-refractivity contribution in [3.8, 4) is 0 Å². The summed E-state index contributed by atoms with van der Waals surface area (Å²) in [6.07, 6.45) is 0. The van der Waals surface area contributed by atoms with Crippen molar-refractivity contribution in [2.75, 3.05) is 33.2 Å². The van der Waals surface area contributed by atoms with Crippen molar-refractivity contribution in [1.29, 1.82) is 0 Å². The van der Waals surface area contributed by atoms with E-state index in [1.807, 2.05) is 7.05 Å².